The average Bonchev–Trinajstić information content (AvgIpc) is 3.17. The lowest BCUT2D eigenvalue weighted by Gasteiger charge is -2.15. The molecule has 0 aliphatic carbocycles. The Morgan fingerprint density at radius 2 is 1.80 bits per heavy atom. The van der Waals surface area contributed by atoms with E-state index < -0.39 is 17.9 Å². The van der Waals surface area contributed by atoms with Crippen molar-refractivity contribution in [2.45, 2.75) is 20.0 Å². The third-order valence-electron chi connectivity index (χ3n) is 4.66. The first kappa shape index (κ1) is 15.8. The molecule has 0 radical (unpaired) electrons. The van der Waals surface area contributed by atoms with E-state index >= 15 is 0 Å². The fourth-order valence-electron chi connectivity index (χ4n) is 3.37. The number of carbonyl (C=O) groups is 2. The monoisotopic (exact) mass is 358 g/mol. The maximum atomic E-state index is 13.0. The number of amides is 2. The summed E-state index contributed by atoms with van der Waals surface area (Å²) in [5, 5.41) is 8.93. The maximum Gasteiger partial charge on any atom is 0.278 e. The number of imide groups is 1. The van der Waals surface area contributed by atoms with Crippen molar-refractivity contribution in [1.29, 1.82) is 0 Å². The standard InChI is InChI=1S/C17H15ClN4O3/c1-8-12(9(2)21(3)19-8)14-13-15(25-20-14)17(24)22(16(13)23)11-6-4-10(18)5-7-11/h4-7,13,15H,1-3H3. The molecule has 1 fully saturated rings. The van der Waals surface area contributed by atoms with Gasteiger partial charge < -0.3 is 4.84 Å². The summed E-state index contributed by atoms with van der Waals surface area (Å²) in [6, 6.07) is 6.54. The summed E-state index contributed by atoms with van der Waals surface area (Å²) in [5.74, 6) is -1.53. The quantitative estimate of drug-likeness (QED) is 0.769. The Morgan fingerprint density at radius 3 is 2.40 bits per heavy atom. The second-order valence-corrected chi connectivity index (χ2v) is 6.57. The summed E-state index contributed by atoms with van der Waals surface area (Å²) in [6.45, 7) is 3.74. The van der Waals surface area contributed by atoms with Crippen LogP contribution in [0.3, 0.4) is 0 Å². The van der Waals surface area contributed by atoms with Gasteiger partial charge in [0.05, 0.1) is 11.4 Å². The predicted octanol–water partition coefficient (Wildman–Crippen LogP) is 1.98. The van der Waals surface area contributed by atoms with Crippen LogP contribution >= 0.6 is 11.6 Å². The van der Waals surface area contributed by atoms with Crippen LogP contribution in [0.2, 0.25) is 5.02 Å². The SMILES string of the molecule is Cc1nn(C)c(C)c1C1=NOC2C(=O)N(c3ccc(Cl)cc3)C(=O)C12. The molecule has 2 aromatic rings. The largest absolute Gasteiger partial charge is 0.381 e. The van der Waals surface area contributed by atoms with Crippen LogP contribution in [0.15, 0.2) is 29.4 Å². The molecule has 0 spiro atoms. The van der Waals surface area contributed by atoms with E-state index in [4.69, 9.17) is 16.4 Å². The summed E-state index contributed by atoms with van der Waals surface area (Å²) in [5.41, 5.74) is 3.30. The number of benzene rings is 1. The van der Waals surface area contributed by atoms with Crippen molar-refractivity contribution >= 4 is 34.8 Å². The molecule has 4 rings (SSSR count). The highest BCUT2D eigenvalue weighted by molar-refractivity contribution is 6.33. The van der Waals surface area contributed by atoms with Gasteiger partial charge in [0.2, 0.25) is 12.0 Å². The summed E-state index contributed by atoms with van der Waals surface area (Å²) >= 11 is 5.89. The minimum atomic E-state index is -0.933. The number of nitrogens with zero attached hydrogens (tertiary/aromatic N) is 4. The molecular weight excluding hydrogens is 344 g/mol. The predicted molar refractivity (Wildman–Crippen MR) is 91.5 cm³/mol. The molecular formula is C17H15ClN4O3. The van der Waals surface area contributed by atoms with E-state index in [0.29, 0.717) is 16.4 Å². The van der Waals surface area contributed by atoms with Crippen molar-refractivity contribution in [2.24, 2.45) is 18.1 Å². The second kappa shape index (κ2) is 5.42. The Labute approximate surface area is 148 Å². The second-order valence-electron chi connectivity index (χ2n) is 6.14. The number of aromatic nitrogens is 2. The molecule has 2 amide bonds. The molecule has 3 heterocycles. The van der Waals surface area contributed by atoms with Crippen molar-refractivity contribution < 1.29 is 14.4 Å². The topological polar surface area (TPSA) is 76.8 Å². The highest BCUT2D eigenvalue weighted by Crippen LogP contribution is 2.36. The Bertz CT molecular complexity index is 932. The maximum absolute atomic E-state index is 13.0. The zero-order valence-electron chi connectivity index (χ0n) is 13.9. The summed E-state index contributed by atoms with van der Waals surface area (Å²) in [7, 11) is 1.82. The first-order chi connectivity index (χ1) is 11.9. The fraction of sp³-hybridized carbons (Fsp3) is 0.294. The van der Waals surface area contributed by atoms with E-state index in [-0.39, 0.29) is 5.91 Å². The minimum Gasteiger partial charge on any atom is -0.381 e. The third-order valence-corrected chi connectivity index (χ3v) is 4.91. The van der Waals surface area contributed by atoms with Crippen molar-refractivity contribution in [3.63, 3.8) is 0 Å². The van der Waals surface area contributed by atoms with E-state index in [9.17, 15) is 9.59 Å². The van der Waals surface area contributed by atoms with E-state index in [0.717, 1.165) is 21.9 Å². The van der Waals surface area contributed by atoms with Crippen LogP contribution in [0, 0.1) is 19.8 Å². The molecule has 7 nitrogen and oxygen atoms in total. The number of rotatable bonds is 2. The Morgan fingerprint density at radius 1 is 1.12 bits per heavy atom. The molecule has 25 heavy (non-hydrogen) atoms. The molecule has 128 valence electrons. The number of halogens is 1. The van der Waals surface area contributed by atoms with Gasteiger partial charge in [0, 0.05) is 23.3 Å². The van der Waals surface area contributed by atoms with Crippen molar-refractivity contribution in [2.75, 3.05) is 4.90 Å². The minimum absolute atomic E-state index is 0.351. The van der Waals surface area contributed by atoms with Crippen LogP contribution in [0.5, 0.6) is 0 Å². The zero-order chi connectivity index (χ0) is 17.9. The van der Waals surface area contributed by atoms with E-state index in [1.54, 1.807) is 28.9 Å². The number of hydrogen-bond acceptors (Lipinski definition) is 5. The number of oxime groups is 1. The molecule has 1 aromatic carbocycles. The van der Waals surface area contributed by atoms with Crippen LogP contribution in [0.1, 0.15) is 17.0 Å². The van der Waals surface area contributed by atoms with E-state index in [2.05, 4.69) is 10.3 Å². The number of aryl methyl sites for hydroxylation is 2. The highest BCUT2D eigenvalue weighted by atomic mass is 35.5. The van der Waals surface area contributed by atoms with Gasteiger partial charge in [0.15, 0.2) is 0 Å². The molecule has 8 heteroatoms. The first-order valence-electron chi connectivity index (χ1n) is 7.78. The number of hydrogen-bond donors (Lipinski definition) is 0. The van der Waals surface area contributed by atoms with Crippen LogP contribution in [0.25, 0.3) is 0 Å². The molecule has 2 aliphatic heterocycles. The van der Waals surface area contributed by atoms with Gasteiger partial charge in [0.1, 0.15) is 11.6 Å². The van der Waals surface area contributed by atoms with Gasteiger partial charge in [-0.15, -0.1) is 0 Å². The van der Waals surface area contributed by atoms with E-state index in [1.165, 1.54) is 0 Å². The first-order valence-corrected chi connectivity index (χ1v) is 8.15. The molecule has 0 N–H and O–H groups in total. The summed E-state index contributed by atoms with van der Waals surface area (Å²) < 4.78 is 1.72. The van der Waals surface area contributed by atoms with Crippen LogP contribution in [0.4, 0.5) is 5.69 Å². The average molecular weight is 359 g/mol. The molecule has 0 bridgehead atoms. The molecule has 1 aromatic heterocycles. The normalized spacial score (nSPS) is 22.2. The molecule has 2 aliphatic rings. The zero-order valence-corrected chi connectivity index (χ0v) is 14.6. The molecule has 2 unspecified atom stereocenters. The number of anilines is 1. The van der Waals surface area contributed by atoms with Crippen LogP contribution in [-0.4, -0.2) is 33.4 Å². The third kappa shape index (κ3) is 2.19. The van der Waals surface area contributed by atoms with Gasteiger partial charge in [-0.05, 0) is 38.1 Å². The smallest absolute Gasteiger partial charge is 0.278 e. The fourth-order valence-corrected chi connectivity index (χ4v) is 3.50. The van der Waals surface area contributed by atoms with Crippen molar-refractivity contribution in [1.82, 2.24) is 9.78 Å². The van der Waals surface area contributed by atoms with Gasteiger partial charge >= 0.3 is 0 Å². The van der Waals surface area contributed by atoms with Gasteiger partial charge in [-0.2, -0.15) is 5.10 Å². The van der Waals surface area contributed by atoms with Crippen molar-refractivity contribution in [3.8, 4) is 0 Å². The Balaban J connectivity index is 1.75. The van der Waals surface area contributed by atoms with Gasteiger partial charge in [0.25, 0.3) is 5.91 Å². The number of fused-ring (bicyclic) bond motifs is 1. The van der Waals surface area contributed by atoms with Gasteiger partial charge in [-0.3, -0.25) is 14.3 Å². The lowest BCUT2D eigenvalue weighted by atomic mass is 9.93. The molecule has 0 saturated carbocycles. The van der Waals surface area contributed by atoms with Gasteiger partial charge in [-0.1, -0.05) is 16.8 Å². The van der Waals surface area contributed by atoms with Crippen molar-refractivity contribution in [3.05, 3.63) is 46.2 Å². The highest BCUT2D eigenvalue weighted by Gasteiger charge is 2.56. The Kier molecular flexibility index (Phi) is 3.43. The Hall–Kier alpha value is -2.67. The van der Waals surface area contributed by atoms with Crippen LogP contribution in [-0.2, 0) is 21.5 Å². The van der Waals surface area contributed by atoms with Crippen LogP contribution < -0.4 is 4.90 Å². The molecule has 2 atom stereocenters. The van der Waals surface area contributed by atoms with E-state index in [1.807, 2.05) is 20.9 Å². The number of carbonyl (C=O) groups excluding carboxylic acids is 2. The lowest BCUT2D eigenvalue weighted by molar-refractivity contribution is -0.126. The lowest BCUT2D eigenvalue weighted by Crippen LogP contribution is -2.33. The molecule has 1 saturated heterocycles. The van der Waals surface area contributed by atoms with Gasteiger partial charge in [-0.25, -0.2) is 4.90 Å². The summed E-state index contributed by atoms with van der Waals surface area (Å²) in [4.78, 5) is 32.1. The summed E-state index contributed by atoms with van der Waals surface area (Å²) in [6.07, 6.45) is -0.933.